The van der Waals surface area contributed by atoms with Crippen molar-refractivity contribution in [2.75, 3.05) is 6.54 Å². The van der Waals surface area contributed by atoms with Gasteiger partial charge in [-0.15, -0.1) is 0 Å². The molecule has 0 fully saturated rings. The van der Waals surface area contributed by atoms with Gasteiger partial charge in [0.2, 0.25) is 11.8 Å². The largest absolute Gasteiger partial charge is 0.354 e. The van der Waals surface area contributed by atoms with E-state index in [2.05, 4.69) is 5.32 Å². The summed E-state index contributed by atoms with van der Waals surface area (Å²) in [5.74, 6) is -0.235. The molecule has 168 valence electrons. The van der Waals surface area contributed by atoms with Crippen LogP contribution < -0.4 is 5.32 Å². The number of nitrogens with zero attached hydrogens (tertiary/aromatic N) is 1. The zero-order chi connectivity index (χ0) is 23.1. The van der Waals surface area contributed by atoms with Gasteiger partial charge >= 0.3 is 0 Å². The van der Waals surface area contributed by atoms with E-state index in [1.807, 2.05) is 20.8 Å². The standard InChI is InChI=1S/C23H26Cl4N2O2/c1-4-21(23(31)28-12-14(2)3)29(13-16-19(26)9-6-10-20(16)27)22(30)11-15-17(24)7-5-8-18(15)25/h5-10,14,21H,4,11-13H2,1-3H3,(H,28,31)/t21-/m0/s1. The number of carbonyl (C=O) groups is 2. The first kappa shape index (κ1) is 25.8. The van der Waals surface area contributed by atoms with Crippen molar-refractivity contribution in [1.82, 2.24) is 10.2 Å². The summed E-state index contributed by atoms with van der Waals surface area (Å²) >= 11 is 25.3. The third-order valence-electron chi connectivity index (χ3n) is 4.85. The van der Waals surface area contributed by atoms with Crippen molar-refractivity contribution in [2.45, 2.75) is 46.2 Å². The molecule has 0 saturated heterocycles. The molecular formula is C23H26Cl4N2O2. The Bertz CT molecular complexity index is 893. The third-order valence-corrected chi connectivity index (χ3v) is 6.27. The maximum absolute atomic E-state index is 13.4. The lowest BCUT2D eigenvalue weighted by atomic mass is 10.1. The fourth-order valence-corrected chi connectivity index (χ4v) is 4.20. The molecule has 0 unspecified atom stereocenters. The Morgan fingerprint density at radius 3 is 1.84 bits per heavy atom. The number of nitrogens with one attached hydrogen (secondary N) is 1. The van der Waals surface area contributed by atoms with Crippen LogP contribution in [0.5, 0.6) is 0 Å². The molecule has 2 aromatic carbocycles. The summed E-state index contributed by atoms with van der Waals surface area (Å²) in [6, 6.07) is 9.52. The van der Waals surface area contributed by atoms with E-state index in [9.17, 15) is 9.59 Å². The van der Waals surface area contributed by atoms with E-state index < -0.39 is 6.04 Å². The van der Waals surface area contributed by atoms with Gasteiger partial charge in [-0.1, -0.05) is 79.3 Å². The van der Waals surface area contributed by atoms with Crippen molar-refractivity contribution in [1.29, 1.82) is 0 Å². The molecule has 0 aromatic heterocycles. The Morgan fingerprint density at radius 1 is 0.903 bits per heavy atom. The van der Waals surface area contributed by atoms with Gasteiger partial charge in [0.05, 0.1) is 6.42 Å². The fraction of sp³-hybridized carbons (Fsp3) is 0.391. The van der Waals surface area contributed by atoms with Crippen LogP contribution in [0.15, 0.2) is 36.4 Å². The molecule has 1 N–H and O–H groups in total. The molecule has 0 radical (unpaired) electrons. The van der Waals surface area contributed by atoms with E-state index >= 15 is 0 Å². The van der Waals surface area contributed by atoms with Gasteiger partial charge < -0.3 is 10.2 Å². The molecule has 0 aliphatic rings. The highest BCUT2D eigenvalue weighted by atomic mass is 35.5. The highest BCUT2D eigenvalue weighted by Crippen LogP contribution is 2.29. The number of benzene rings is 2. The fourth-order valence-electron chi connectivity index (χ4n) is 3.15. The van der Waals surface area contributed by atoms with Crippen LogP contribution in [0.4, 0.5) is 0 Å². The van der Waals surface area contributed by atoms with E-state index in [1.165, 1.54) is 4.90 Å². The van der Waals surface area contributed by atoms with Crippen LogP contribution in [-0.4, -0.2) is 29.3 Å². The van der Waals surface area contributed by atoms with Gasteiger partial charge in [-0.2, -0.15) is 0 Å². The summed E-state index contributed by atoms with van der Waals surface area (Å²) in [6.45, 7) is 6.48. The van der Waals surface area contributed by atoms with Gasteiger partial charge in [-0.25, -0.2) is 0 Å². The molecule has 4 nitrogen and oxygen atoms in total. The number of rotatable bonds is 9. The van der Waals surface area contributed by atoms with Crippen molar-refractivity contribution < 1.29 is 9.59 Å². The molecule has 2 aromatic rings. The number of amides is 2. The molecule has 2 amide bonds. The zero-order valence-corrected chi connectivity index (χ0v) is 20.7. The third kappa shape index (κ3) is 7.01. The van der Waals surface area contributed by atoms with Crippen LogP contribution in [0.1, 0.15) is 38.3 Å². The van der Waals surface area contributed by atoms with Crippen molar-refractivity contribution in [3.05, 3.63) is 67.6 Å². The minimum atomic E-state index is -0.695. The monoisotopic (exact) mass is 502 g/mol. The number of hydrogen-bond acceptors (Lipinski definition) is 2. The first-order valence-corrected chi connectivity index (χ1v) is 11.6. The summed E-state index contributed by atoms with van der Waals surface area (Å²) in [5.41, 5.74) is 1.10. The van der Waals surface area contributed by atoms with E-state index in [4.69, 9.17) is 46.4 Å². The van der Waals surface area contributed by atoms with Crippen LogP contribution in [-0.2, 0) is 22.6 Å². The van der Waals surface area contributed by atoms with Gasteiger partial charge in [0, 0.05) is 38.7 Å². The van der Waals surface area contributed by atoms with E-state index in [0.29, 0.717) is 44.2 Å². The molecule has 2 rings (SSSR count). The lowest BCUT2D eigenvalue weighted by Gasteiger charge is -2.31. The molecule has 0 bridgehead atoms. The second kappa shape index (κ2) is 12.0. The van der Waals surface area contributed by atoms with Crippen LogP contribution in [0, 0.1) is 5.92 Å². The maximum atomic E-state index is 13.4. The Labute approximate surface area is 203 Å². The Hall–Kier alpha value is -1.46. The summed E-state index contributed by atoms with van der Waals surface area (Å²) in [5, 5.41) is 4.57. The minimum Gasteiger partial charge on any atom is -0.354 e. The quantitative estimate of drug-likeness (QED) is 0.429. The second-order valence-corrected chi connectivity index (χ2v) is 9.29. The Kier molecular flexibility index (Phi) is 9.95. The molecule has 1 atom stereocenters. The predicted molar refractivity (Wildman–Crippen MR) is 129 cm³/mol. The molecule has 0 aliphatic carbocycles. The minimum absolute atomic E-state index is 0.0471. The maximum Gasteiger partial charge on any atom is 0.242 e. The molecular weight excluding hydrogens is 478 g/mol. The average Bonchev–Trinajstić information content (AvgIpc) is 2.71. The first-order chi connectivity index (χ1) is 14.6. The van der Waals surface area contributed by atoms with Gasteiger partial charge in [0.15, 0.2) is 0 Å². The topological polar surface area (TPSA) is 49.4 Å². The number of carbonyl (C=O) groups excluding carboxylic acids is 2. The molecule has 0 heterocycles. The Morgan fingerprint density at radius 2 is 1.39 bits per heavy atom. The highest BCUT2D eigenvalue weighted by molar-refractivity contribution is 6.36. The van der Waals surface area contributed by atoms with Gasteiger partial charge in [0.25, 0.3) is 0 Å². The molecule has 8 heteroatoms. The zero-order valence-electron chi connectivity index (χ0n) is 17.7. The lowest BCUT2D eigenvalue weighted by Crippen LogP contribution is -2.50. The van der Waals surface area contributed by atoms with Crippen molar-refractivity contribution in [3.63, 3.8) is 0 Å². The Balaban J connectivity index is 2.40. The molecule has 31 heavy (non-hydrogen) atoms. The van der Waals surface area contributed by atoms with E-state index in [1.54, 1.807) is 36.4 Å². The van der Waals surface area contributed by atoms with Crippen molar-refractivity contribution >= 4 is 58.2 Å². The molecule has 0 aliphatic heterocycles. The van der Waals surface area contributed by atoms with Gasteiger partial charge in [-0.05, 0) is 42.2 Å². The predicted octanol–water partition coefficient (Wildman–Crippen LogP) is 6.42. The van der Waals surface area contributed by atoms with Crippen molar-refractivity contribution in [3.8, 4) is 0 Å². The number of halogens is 4. The van der Waals surface area contributed by atoms with Gasteiger partial charge in [-0.3, -0.25) is 9.59 Å². The highest BCUT2D eigenvalue weighted by Gasteiger charge is 2.30. The van der Waals surface area contributed by atoms with E-state index in [0.717, 1.165) is 0 Å². The molecule has 0 saturated carbocycles. The summed E-state index contributed by atoms with van der Waals surface area (Å²) in [4.78, 5) is 27.9. The normalized spacial score (nSPS) is 12.0. The van der Waals surface area contributed by atoms with Crippen LogP contribution >= 0.6 is 46.4 Å². The van der Waals surface area contributed by atoms with Crippen LogP contribution in [0.3, 0.4) is 0 Å². The summed E-state index contributed by atoms with van der Waals surface area (Å²) < 4.78 is 0. The second-order valence-electron chi connectivity index (χ2n) is 7.66. The molecule has 0 spiro atoms. The van der Waals surface area contributed by atoms with Crippen LogP contribution in [0.25, 0.3) is 0 Å². The lowest BCUT2D eigenvalue weighted by molar-refractivity contribution is -0.141. The van der Waals surface area contributed by atoms with E-state index in [-0.39, 0.29) is 30.7 Å². The van der Waals surface area contributed by atoms with Crippen molar-refractivity contribution in [2.24, 2.45) is 5.92 Å². The number of hydrogen-bond donors (Lipinski definition) is 1. The van der Waals surface area contributed by atoms with Gasteiger partial charge in [0.1, 0.15) is 6.04 Å². The SMILES string of the molecule is CC[C@@H](C(=O)NCC(C)C)N(Cc1c(Cl)cccc1Cl)C(=O)Cc1c(Cl)cccc1Cl. The summed E-state index contributed by atoms with van der Waals surface area (Å²) in [6.07, 6.45) is 0.378. The smallest absolute Gasteiger partial charge is 0.242 e. The first-order valence-electron chi connectivity index (χ1n) is 10.1. The van der Waals surface area contributed by atoms with Crippen LogP contribution in [0.2, 0.25) is 20.1 Å². The summed E-state index contributed by atoms with van der Waals surface area (Å²) in [7, 11) is 0. The average molecular weight is 504 g/mol.